The lowest BCUT2D eigenvalue weighted by Gasteiger charge is -2.26. The van der Waals surface area contributed by atoms with Crippen molar-refractivity contribution in [2.75, 3.05) is 0 Å². The van der Waals surface area contributed by atoms with Crippen LogP contribution in [0.3, 0.4) is 0 Å². The van der Waals surface area contributed by atoms with Crippen molar-refractivity contribution in [1.29, 1.82) is 0 Å². The van der Waals surface area contributed by atoms with Gasteiger partial charge in [-0.25, -0.2) is 0 Å². The number of fused-ring (bicyclic) bond motifs is 4. The summed E-state index contributed by atoms with van der Waals surface area (Å²) in [5.41, 5.74) is 8.94. The summed E-state index contributed by atoms with van der Waals surface area (Å²) in [6.07, 6.45) is 0. The molecule has 0 fully saturated rings. The summed E-state index contributed by atoms with van der Waals surface area (Å²) in [6, 6.07) is 55.9. The molecule has 0 aliphatic carbocycles. The third-order valence-electron chi connectivity index (χ3n) is 9.13. The van der Waals surface area contributed by atoms with Crippen LogP contribution in [0.4, 0.5) is 0 Å². The van der Waals surface area contributed by atoms with Crippen molar-refractivity contribution in [1.82, 2.24) is 0 Å². The van der Waals surface area contributed by atoms with Crippen LogP contribution in [0, 0.1) is 0 Å². The van der Waals surface area contributed by atoms with Crippen molar-refractivity contribution in [2.45, 2.75) is 26.2 Å². The molecule has 0 nitrogen and oxygen atoms in total. The second-order valence-electron chi connectivity index (χ2n) is 13.0. The number of rotatable bonds is 3. The Labute approximate surface area is 259 Å². The lowest BCUT2D eigenvalue weighted by molar-refractivity contribution is 0.601. The lowest BCUT2D eigenvalue weighted by Crippen LogP contribution is -2.13. The number of hydrogen-bond acceptors (Lipinski definition) is 0. The van der Waals surface area contributed by atoms with Crippen molar-refractivity contribution in [3.05, 3.63) is 157 Å². The van der Waals surface area contributed by atoms with Gasteiger partial charge in [-0.3, -0.25) is 0 Å². The molecule has 44 heavy (non-hydrogen) atoms. The monoisotopic (exact) mass is 562 g/mol. The zero-order valence-electron chi connectivity index (χ0n) is 25.4. The van der Waals surface area contributed by atoms with E-state index in [1.54, 1.807) is 0 Å². The first kappa shape index (κ1) is 26.4. The Kier molecular flexibility index (Phi) is 6.13. The predicted molar refractivity (Wildman–Crippen MR) is 191 cm³/mol. The molecule has 0 amide bonds. The van der Waals surface area contributed by atoms with E-state index in [1.807, 2.05) is 0 Å². The smallest absolute Gasteiger partial charge is 0.00264 e. The maximum atomic E-state index is 2.43. The summed E-state index contributed by atoms with van der Waals surface area (Å²) in [5.74, 6) is 0. The highest BCUT2D eigenvalue weighted by atomic mass is 14.3. The number of benzene rings is 8. The highest BCUT2D eigenvalue weighted by Crippen LogP contribution is 2.45. The molecule has 0 unspecified atom stereocenters. The molecule has 0 aliphatic rings. The molecule has 8 aromatic carbocycles. The van der Waals surface area contributed by atoms with Gasteiger partial charge in [-0.15, -0.1) is 0 Å². The fourth-order valence-electron chi connectivity index (χ4n) is 7.14. The van der Waals surface area contributed by atoms with Crippen LogP contribution in [0.2, 0.25) is 0 Å². The van der Waals surface area contributed by atoms with Crippen molar-refractivity contribution in [2.24, 2.45) is 0 Å². The van der Waals surface area contributed by atoms with Crippen LogP contribution >= 0.6 is 0 Å². The summed E-state index contributed by atoms with van der Waals surface area (Å²) < 4.78 is 0. The average molecular weight is 563 g/mol. The van der Waals surface area contributed by atoms with Crippen LogP contribution in [0.1, 0.15) is 26.3 Å². The largest absolute Gasteiger partial charge is 0.0616 e. The minimum atomic E-state index is -0.0311. The van der Waals surface area contributed by atoms with Crippen LogP contribution in [-0.2, 0) is 5.41 Å². The summed E-state index contributed by atoms with van der Waals surface area (Å²) in [6.45, 7) is 7.03. The molecule has 0 bridgehead atoms. The third kappa shape index (κ3) is 4.38. The maximum Gasteiger partial charge on any atom is -0.00264 e. The molecule has 0 heteroatoms. The quantitative estimate of drug-likeness (QED) is 0.188. The van der Waals surface area contributed by atoms with E-state index in [4.69, 9.17) is 0 Å². The van der Waals surface area contributed by atoms with Gasteiger partial charge in [0.15, 0.2) is 0 Å². The van der Waals surface area contributed by atoms with Crippen LogP contribution in [0.5, 0.6) is 0 Å². The van der Waals surface area contributed by atoms with E-state index in [-0.39, 0.29) is 5.41 Å². The molecular formula is C44H34. The predicted octanol–water partition coefficient (Wildman–Crippen LogP) is 12.6. The summed E-state index contributed by atoms with van der Waals surface area (Å²) in [5, 5.41) is 10.4. The maximum absolute atomic E-state index is 2.43. The Hall–Kier alpha value is -5.20. The Morgan fingerprint density at radius 1 is 0.341 bits per heavy atom. The molecule has 0 N–H and O–H groups in total. The van der Waals surface area contributed by atoms with Gasteiger partial charge in [0.25, 0.3) is 0 Å². The second-order valence-corrected chi connectivity index (χ2v) is 13.0. The molecular weight excluding hydrogens is 528 g/mol. The van der Waals surface area contributed by atoms with E-state index < -0.39 is 0 Å². The van der Waals surface area contributed by atoms with E-state index >= 15 is 0 Å². The van der Waals surface area contributed by atoms with E-state index in [9.17, 15) is 0 Å². The van der Waals surface area contributed by atoms with Crippen LogP contribution in [-0.4, -0.2) is 0 Å². The van der Waals surface area contributed by atoms with Gasteiger partial charge in [-0.1, -0.05) is 160 Å². The average Bonchev–Trinajstić information content (AvgIpc) is 3.06. The van der Waals surface area contributed by atoms with E-state index in [0.29, 0.717) is 0 Å². The third-order valence-corrected chi connectivity index (χ3v) is 9.13. The standard InChI is InChI=1S/C44H34/c1-44(2,3)43-40-17-9-8-16-38(40)42(35-24-21-29-11-4-5-13-33(29)27-35)39-26-25-34(28-41(39)43)30-19-22-32(23-20-30)37-18-10-14-31-12-6-7-15-36(31)37/h4-28H,1-3H3. The SMILES string of the molecule is CC(C)(C)c1c2ccccc2c(-c2ccc3ccccc3c2)c2ccc(-c3ccc(-c4cccc5ccccc45)cc3)cc12. The Morgan fingerprint density at radius 2 is 0.909 bits per heavy atom. The molecule has 0 aromatic heterocycles. The van der Waals surface area contributed by atoms with Crippen LogP contribution in [0.15, 0.2) is 152 Å². The Bertz CT molecular complexity index is 2340. The molecule has 0 aliphatic heterocycles. The minimum Gasteiger partial charge on any atom is -0.0616 e. The molecule has 210 valence electrons. The van der Waals surface area contributed by atoms with Gasteiger partial charge in [-0.2, -0.15) is 0 Å². The zero-order chi connectivity index (χ0) is 29.8. The first-order valence-corrected chi connectivity index (χ1v) is 15.5. The first-order valence-electron chi connectivity index (χ1n) is 15.5. The molecule has 0 saturated heterocycles. The Balaban J connectivity index is 1.34. The molecule has 0 saturated carbocycles. The summed E-state index contributed by atoms with van der Waals surface area (Å²) >= 11 is 0. The van der Waals surface area contributed by atoms with Gasteiger partial charge in [0, 0.05) is 0 Å². The highest BCUT2D eigenvalue weighted by molar-refractivity contribution is 6.16. The van der Waals surface area contributed by atoms with Crippen molar-refractivity contribution in [3.8, 4) is 33.4 Å². The van der Waals surface area contributed by atoms with E-state index in [0.717, 1.165) is 0 Å². The number of hydrogen-bond donors (Lipinski definition) is 0. The molecule has 0 radical (unpaired) electrons. The molecule has 8 rings (SSSR count). The normalized spacial score (nSPS) is 12.0. The molecule has 0 spiro atoms. The van der Waals surface area contributed by atoms with Gasteiger partial charge >= 0.3 is 0 Å². The van der Waals surface area contributed by atoms with Gasteiger partial charge in [0.2, 0.25) is 0 Å². The van der Waals surface area contributed by atoms with Crippen LogP contribution < -0.4 is 0 Å². The summed E-state index contributed by atoms with van der Waals surface area (Å²) in [7, 11) is 0. The van der Waals surface area contributed by atoms with E-state index in [2.05, 4.69) is 172 Å². The zero-order valence-corrected chi connectivity index (χ0v) is 25.4. The topological polar surface area (TPSA) is 0 Å². The van der Waals surface area contributed by atoms with Crippen molar-refractivity contribution >= 4 is 43.1 Å². The van der Waals surface area contributed by atoms with Gasteiger partial charge < -0.3 is 0 Å². The fourth-order valence-corrected chi connectivity index (χ4v) is 7.14. The first-order chi connectivity index (χ1) is 21.5. The fraction of sp³-hybridized carbons (Fsp3) is 0.0909. The highest BCUT2D eigenvalue weighted by Gasteiger charge is 2.24. The lowest BCUT2D eigenvalue weighted by atomic mass is 9.77. The van der Waals surface area contributed by atoms with Crippen LogP contribution in [0.25, 0.3) is 76.5 Å². The summed E-state index contributed by atoms with van der Waals surface area (Å²) in [4.78, 5) is 0. The van der Waals surface area contributed by atoms with Crippen molar-refractivity contribution in [3.63, 3.8) is 0 Å². The van der Waals surface area contributed by atoms with Crippen molar-refractivity contribution < 1.29 is 0 Å². The Morgan fingerprint density at radius 3 is 1.68 bits per heavy atom. The van der Waals surface area contributed by atoms with E-state index in [1.165, 1.54) is 82.0 Å². The van der Waals surface area contributed by atoms with Gasteiger partial charge in [0.05, 0.1) is 0 Å². The van der Waals surface area contributed by atoms with Gasteiger partial charge in [-0.05, 0) is 99.6 Å². The molecule has 0 heterocycles. The van der Waals surface area contributed by atoms with Gasteiger partial charge in [0.1, 0.15) is 0 Å². The molecule has 0 atom stereocenters. The minimum absolute atomic E-state index is 0.0311. The second kappa shape index (κ2) is 10.2. The molecule has 8 aromatic rings.